The maximum Gasteiger partial charge on any atom is 0.255 e. The zero-order valence-corrected chi connectivity index (χ0v) is 12.2. The first kappa shape index (κ1) is 14.8. The minimum Gasteiger partial charge on any atom is -0.491 e. The molecule has 5 heteroatoms. The van der Waals surface area contributed by atoms with Gasteiger partial charge in [0.05, 0.1) is 6.10 Å². The van der Waals surface area contributed by atoms with Crippen LogP contribution in [0.2, 0.25) is 0 Å². The van der Waals surface area contributed by atoms with E-state index >= 15 is 0 Å². The van der Waals surface area contributed by atoms with E-state index in [1.54, 1.807) is 12.1 Å². The number of hydrogen-bond acceptors (Lipinski definition) is 4. The number of benzene rings is 1. The molecule has 1 amide bonds. The average Bonchev–Trinajstić information content (AvgIpc) is 2.47. The SMILES string of the molecule is CCC(C)Oc1cccc(NC(=O)c2ccnc(N)c2)c1. The fourth-order valence-corrected chi connectivity index (χ4v) is 1.76. The van der Waals surface area contributed by atoms with Crippen LogP contribution in [-0.2, 0) is 0 Å². The molecule has 0 radical (unpaired) electrons. The van der Waals surface area contributed by atoms with Crippen molar-refractivity contribution in [2.75, 3.05) is 11.1 Å². The van der Waals surface area contributed by atoms with Gasteiger partial charge in [0.2, 0.25) is 0 Å². The number of hydrogen-bond donors (Lipinski definition) is 2. The predicted molar refractivity (Wildman–Crippen MR) is 83.4 cm³/mol. The smallest absolute Gasteiger partial charge is 0.255 e. The average molecular weight is 285 g/mol. The van der Waals surface area contributed by atoms with E-state index in [-0.39, 0.29) is 12.0 Å². The molecule has 0 aliphatic carbocycles. The molecule has 0 saturated carbocycles. The van der Waals surface area contributed by atoms with Crippen molar-refractivity contribution in [1.29, 1.82) is 0 Å². The number of nitrogens with zero attached hydrogens (tertiary/aromatic N) is 1. The van der Waals surface area contributed by atoms with E-state index in [1.165, 1.54) is 12.3 Å². The summed E-state index contributed by atoms with van der Waals surface area (Å²) in [6, 6.07) is 10.5. The van der Waals surface area contributed by atoms with Gasteiger partial charge in [-0.15, -0.1) is 0 Å². The zero-order valence-electron chi connectivity index (χ0n) is 12.2. The van der Waals surface area contributed by atoms with E-state index in [9.17, 15) is 4.79 Å². The second-order valence-electron chi connectivity index (χ2n) is 4.79. The molecule has 5 nitrogen and oxygen atoms in total. The van der Waals surface area contributed by atoms with Gasteiger partial charge in [0, 0.05) is 23.5 Å². The van der Waals surface area contributed by atoms with Crippen molar-refractivity contribution in [3.05, 3.63) is 48.2 Å². The molecular weight excluding hydrogens is 266 g/mol. The summed E-state index contributed by atoms with van der Waals surface area (Å²) in [6.07, 6.45) is 2.57. The highest BCUT2D eigenvalue weighted by molar-refractivity contribution is 6.04. The summed E-state index contributed by atoms with van der Waals surface area (Å²) in [5.41, 5.74) is 6.72. The highest BCUT2D eigenvalue weighted by atomic mass is 16.5. The van der Waals surface area contributed by atoms with Crippen molar-refractivity contribution in [3.8, 4) is 5.75 Å². The second-order valence-corrected chi connectivity index (χ2v) is 4.79. The summed E-state index contributed by atoms with van der Waals surface area (Å²) in [7, 11) is 0. The molecule has 1 aromatic heterocycles. The normalized spacial score (nSPS) is 11.7. The van der Waals surface area contributed by atoms with Crippen LogP contribution in [0.5, 0.6) is 5.75 Å². The molecule has 1 atom stereocenters. The van der Waals surface area contributed by atoms with Gasteiger partial charge >= 0.3 is 0 Å². The van der Waals surface area contributed by atoms with E-state index < -0.39 is 0 Å². The van der Waals surface area contributed by atoms with Crippen LogP contribution in [0.4, 0.5) is 11.5 Å². The number of carbonyl (C=O) groups is 1. The third-order valence-corrected chi connectivity index (χ3v) is 3.05. The quantitative estimate of drug-likeness (QED) is 0.885. The number of ether oxygens (including phenoxy) is 1. The number of anilines is 2. The maximum absolute atomic E-state index is 12.1. The molecule has 2 aromatic rings. The molecule has 1 unspecified atom stereocenters. The highest BCUT2D eigenvalue weighted by Crippen LogP contribution is 2.20. The Kier molecular flexibility index (Phi) is 4.77. The van der Waals surface area contributed by atoms with E-state index in [0.29, 0.717) is 17.1 Å². The van der Waals surface area contributed by atoms with Gasteiger partial charge in [-0.3, -0.25) is 4.79 Å². The van der Waals surface area contributed by atoms with Crippen LogP contribution in [0.3, 0.4) is 0 Å². The van der Waals surface area contributed by atoms with Crippen molar-refractivity contribution >= 4 is 17.4 Å². The molecule has 3 N–H and O–H groups in total. The summed E-state index contributed by atoms with van der Waals surface area (Å²) in [5.74, 6) is 0.817. The van der Waals surface area contributed by atoms with Gasteiger partial charge in [0.15, 0.2) is 0 Å². The van der Waals surface area contributed by atoms with Crippen LogP contribution in [0.1, 0.15) is 30.6 Å². The Hall–Kier alpha value is -2.56. The fourth-order valence-electron chi connectivity index (χ4n) is 1.76. The van der Waals surface area contributed by atoms with Gasteiger partial charge in [-0.1, -0.05) is 13.0 Å². The molecule has 0 aliphatic rings. The third kappa shape index (κ3) is 4.21. The Morgan fingerprint density at radius 3 is 2.90 bits per heavy atom. The van der Waals surface area contributed by atoms with E-state index in [2.05, 4.69) is 17.2 Å². The van der Waals surface area contributed by atoms with Crippen molar-refractivity contribution in [3.63, 3.8) is 0 Å². The molecule has 21 heavy (non-hydrogen) atoms. The first-order chi connectivity index (χ1) is 10.1. The Balaban J connectivity index is 2.09. The largest absolute Gasteiger partial charge is 0.491 e. The number of amides is 1. The molecule has 1 heterocycles. The summed E-state index contributed by atoms with van der Waals surface area (Å²) in [6.45, 7) is 4.06. The van der Waals surface area contributed by atoms with Crippen LogP contribution < -0.4 is 15.8 Å². The summed E-state index contributed by atoms with van der Waals surface area (Å²) in [4.78, 5) is 16.0. The minimum absolute atomic E-state index is 0.135. The number of nitrogens with two attached hydrogens (primary N) is 1. The minimum atomic E-state index is -0.232. The van der Waals surface area contributed by atoms with Gasteiger partial charge < -0.3 is 15.8 Å². The lowest BCUT2D eigenvalue weighted by Crippen LogP contribution is -2.13. The molecule has 0 spiro atoms. The topological polar surface area (TPSA) is 77.2 Å². The molecule has 110 valence electrons. The van der Waals surface area contributed by atoms with Gasteiger partial charge in [0.1, 0.15) is 11.6 Å². The van der Waals surface area contributed by atoms with Crippen LogP contribution in [-0.4, -0.2) is 17.0 Å². The Morgan fingerprint density at radius 2 is 2.19 bits per heavy atom. The number of aromatic nitrogens is 1. The van der Waals surface area contributed by atoms with Crippen molar-refractivity contribution < 1.29 is 9.53 Å². The molecule has 0 fully saturated rings. The number of nitrogens with one attached hydrogen (secondary N) is 1. The lowest BCUT2D eigenvalue weighted by molar-refractivity contribution is 0.102. The number of pyridine rings is 1. The Labute approximate surface area is 124 Å². The molecule has 0 aliphatic heterocycles. The Morgan fingerprint density at radius 1 is 1.38 bits per heavy atom. The van der Waals surface area contributed by atoms with Crippen molar-refractivity contribution in [2.45, 2.75) is 26.4 Å². The van der Waals surface area contributed by atoms with Gasteiger partial charge in [-0.25, -0.2) is 4.98 Å². The van der Waals surface area contributed by atoms with Crippen LogP contribution in [0.15, 0.2) is 42.6 Å². The zero-order chi connectivity index (χ0) is 15.2. The summed E-state index contributed by atoms with van der Waals surface area (Å²) in [5, 5.41) is 2.81. The van der Waals surface area contributed by atoms with Crippen molar-refractivity contribution in [1.82, 2.24) is 4.98 Å². The highest BCUT2D eigenvalue weighted by Gasteiger charge is 2.08. The lowest BCUT2D eigenvalue weighted by atomic mass is 10.2. The summed E-state index contributed by atoms with van der Waals surface area (Å²) < 4.78 is 5.73. The number of nitrogen functional groups attached to an aromatic ring is 1. The van der Waals surface area contributed by atoms with Crippen LogP contribution >= 0.6 is 0 Å². The van der Waals surface area contributed by atoms with Crippen LogP contribution in [0, 0.1) is 0 Å². The monoisotopic (exact) mass is 285 g/mol. The third-order valence-electron chi connectivity index (χ3n) is 3.05. The standard InChI is InChI=1S/C16H19N3O2/c1-3-11(2)21-14-6-4-5-13(10-14)19-16(20)12-7-8-18-15(17)9-12/h4-11H,3H2,1-2H3,(H2,17,18)(H,19,20). The number of rotatable bonds is 5. The number of carbonyl (C=O) groups excluding carboxylic acids is 1. The summed E-state index contributed by atoms with van der Waals surface area (Å²) >= 11 is 0. The van der Waals surface area contributed by atoms with Gasteiger partial charge in [-0.05, 0) is 37.6 Å². The fraction of sp³-hybridized carbons (Fsp3) is 0.250. The van der Waals surface area contributed by atoms with Crippen molar-refractivity contribution in [2.24, 2.45) is 0 Å². The van der Waals surface area contributed by atoms with Crippen LogP contribution in [0.25, 0.3) is 0 Å². The molecule has 0 bridgehead atoms. The molecular formula is C16H19N3O2. The molecule has 2 rings (SSSR count). The Bertz CT molecular complexity index is 628. The van der Waals surface area contributed by atoms with Gasteiger partial charge in [0.25, 0.3) is 5.91 Å². The molecule has 0 saturated heterocycles. The second kappa shape index (κ2) is 6.74. The van der Waals surface area contributed by atoms with E-state index in [0.717, 1.165) is 12.2 Å². The first-order valence-corrected chi connectivity index (χ1v) is 6.88. The maximum atomic E-state index is 12.1. The first-order valence-electron chi connectivity index (χ1n) is 6.88. The van der Waals surface area contributed by atoms with E-state index in [1.807, 2.05) is 25.1 Å². The molecule has 1 aromatic carbocycles. The van der Waals surface area contributed by atoms with E-state index in [4.69, 9.17) is 10.5 Å². The lowest BCUT2D eigenvalue weighted by Gasteiger charge is -2.13. The van der Waals surface area contributed by atoms with Gasteiger partial charge in [-0.2, -0.15) is 0 Å². The predicted octanol–water partition coefficient (Wildman–Crippen LogP) is 3.09.